The number of hydrogen-bond acceptors (Lipinski definition) is 6. The molecule has 2 rings (SSSR count). The molecular weight excluding hydrogens is 284 g/mol. The summed E-state index contributed by atoms with van der Waals surface area (Å²) in [5.41, 5.74) is 1.98. The average molecular weight is 304 g/mol. The second-order valence-corrected chi connectivity index (χ2v) is 5.19. The van der Waals surface area contributed by atoms with Crippen LogP contribution in [0.3, 0.4) is 0 Å². The van der Waals surface area contributed by atoms with Crippen LogP contribution in [0.4, 0.5) is 0 Å². The minimum absolute atomic E-state index is 0.0210. The van der Waals surface area contributed by atoms with E-state index in [1.165, 1.54) is 0 Å². The molecule has 0 fully saturated rings. The highest BCUT2D eigenvalue weighted by Crippen LogP contribution is 2.16. The number of aryl methyl sites for hydroxylation is 1. The number of benzene rings is 1. The number of rotatable bonds is 7. The Hall–Kier alpha value is -2.21. The quantitative estimate of drug-likeness (QED) is 0.791. The maximum absolute atomic E-state index is 11.5. The molecule has 1 unspecified atom stereocenters. The smallest absolute Gasteiger partial charge is 0.308 e. The van der Waals surface area contributed by atoms with Crippen LogP contribution >= 0.6 is 0 Å². The number of carbonyl (C=O) groups is 1. The molecule has 0 bridgehead atoms. The summed E-state index contributed by atoms with van der Waals surface area (Å²) in [5, 5.41) is 13.4. The molecule has 0 amide bonds. The monoisotopic (exact) mass is 304 g/mol. The van der Waals surface area contributed by atoms with Crippen molar-refractivity contribution in [3.05, 3.63) is 35.7 Å². The zero-order valence-electron chi connectivity index (χ0n) is 12.8. The molecule has 6 nitrogen and oxygen atoms in total. The van der Waals surface area contributed by atoms with E-state index in [1.54, 1.807) is 0 Å². The van der Waals surface area contributed by atoms with E-state index in [2.05, 4.69) is 10.1 Å². The Labute approximate surface area is 129 Å². The van der Waals surface area contributed by atoms with Gasteiger partial charge >= 0.3 is 5.97 Å². The summed E-state index contributed by atoms with van der Waals surface area (Å²) in [6, 6.07) is 7.72. The second kappa shape index (κ2) is 7.70. The number of aliphatic hydroxyl groups is 1. The molecule has 0 aliphatic rings. The molecule has 22 heavy (non-hydrogen) atoms. The highest BCUT2D eigenvalue weighted by atomic mass is 16.6. The van der Waals surface area contributed by atoms with Gasteiger partial charge in [-0.15, -0.1) is 0 Å². The third kappa shape index (κ3) is 4.66. The lowest BCUT2D eigenvalue weighted by Crippen LogP contribution is -2.15. The van der Waals surface area contributed by atoms with Gasteiger partial charge in [0.2, 0.25) is 5.82 Å². The highest BCUT2D eigenvalue weighted by Gasteiger charge is 2.14. The lowest BCUT2D eigenvalue weighted by molar-refractivity contribution is -0.148. The third-order valence-corrected chi connectivity index (χ3v) is 3.16. The number of ether oxygens (including phenoxy) is 1. The summed E-state index contributed by atoms with van der Waals surface area (Å²) in [4.78, 5) is 15.7. The van der Waals surface area contributed by atoms with Crippen molar-refractivity contribution in [1.29, 1.82) is 0 Å². The van der Waals surface area contributed by atoms with Gasteiger partial charge in [0, 0.05) is 5.56 Å². The molecule has 0 saturated heterocycles. The summed E-state index contributed by atoms with van der Waals surface area (Å²) >= 11 is 0. The number of aromatic nitrogens is 2. The van der Waals surface area contributed by atoms with Crippen LogP contribution in [0.15, 0.2) is 28.8 Å². The second-order valence-electron chi connectivity index (χ2n) is 5.19. The van der Waals surface area contributed by atoms with Gasteiger partial charge in [0.1, 0.15) is 0 Å². The van der Waals surface area contributed by atoms with Crippen LogP contribution in [0, 0.1) is 6.92 Å². The summed E-state index contributed by atoms with van der Waals surface area (Å²) in [7, 11) is 0. The zero-order valence-corrected chi connectivity index (χ0v) is 12.8. The van der Waals surface area contributed by atoms with Crippen LogP contribution < -0.4 is 0 Å². The maximum Gasteiger partial charge on any atom is 0.308 e. The molecule has 0 aliphatic heterocycles. The molecule has 1 atom stereocenters. The van der Waals surface area contributed by atoms with Crippen LogP contribution in [-0.2, 0) is 16.1 Å². The molecule has 0 saturated carbocycles. The van der Waals surface area contributed by atoms with Crippen molar-refractivity contribution in [2.24, 2.45) is 0 Å². The Bertz CT molecular complexity index is 607. The summed E-state index contributed by atoms with van der Waals surface area (Å²) in [5.74, 6) is 0.210. The van der Waals surface area contributed by atoms with Gasteiger partial charge in [0.05, 0.1) is 12.5 Å². The normalized spacial score (nSPS) is 12.1. The van der Waals surface area contributed by atoms with E-state index in [4.69, 9.17) is 9.26 Å². The predicted octanol–water partition coefficient (Wildman–Crippen LogP) is 2.64. The Morgan fingerprint density at radius 1 is 1.36 bits per heavy atom. The van der Waals surface area contributed by atoms with Gasteiger partial charge in [-0.2, -0.15) is 4.98 Å². The minimum Gasteiger partial charge on any atom is -0.455 e. The van der Waals surface area contributed by atoms with Crippen LogP contribution in [0.25, 0.3) is 11.4 Å². The first kappa shape index (κ1) is 16.2. The molecule has 0 spiro atoms. The van der Waals surface area contributed by atoms with Crippen LogP contribution in [0.5, 0.6) is 0 Å². The SMILES string of the molecule is CCCC(O)CC(=O)OCc1nc(-c2ccc(C)cc2)no1. The molecule has 0 aliphatic carbocycles. The first-order chi connectivity index (χ1) is 10.6. The Balaban J connectivity index is 1.87. The van der Waals surface area contributed by atoms with E-state index in [0.717, 1.165) is 17.5 Å². The van der Waals surface area contributed by atoms with E-state index in [1.807, 2.05) is 38.1 Å². The maximum atomic E-state index is 11.5. The van der Waals surface area contributed by atoms with Gasteiger partial charge in [-0.05, 0) is 13.3 Å². The Morgan fingerprint density at radius 2 is 2.09 bits per heavy atom. The number of esters is 1. The molecule has 1 aromatic heterocycles. The lowest BCUT2D eigenvalue weighted by Gasteiger charge is -2.07. The predicted molar refractivity (Wildman–Crippen MR) is 79.8 cm³/mol. The standard InChI is InChI=1S/C16H20N2O4/c1-3-4-13(19)9-15(20)21-10-14-17-16(18-22-14)12-7-5-11(2)6-8-12/h5-8,13,19H,3-4,9-10H2,1-2H3. The van der Waals surface area contributed by atoms with Gasteiger partial charge in [-0.3, -0.25) is 4.79 Å². The van der Waals surface area contributed by atoms with Crippen LogP contribution in [-0.4, -0.2) is 27.3 Å². The van der Waals surface area contributed by atoms with Gasteiger partial charge in [-0.1, -0.05) is 48.3 Å². The van der Waals surface area contributed by atoms with Crippen molar-refractivity contribution in [1.82, 2.24) is 10.1 Å². The number of aliphatic hydroxyl groups excluding tert-OH is 1. The van der Waals surface area contributed by atoms with Crippen molar-refractivity contribution in [2.45, 2.75) is 45.8 Å². The molecule has 118 valence electrons. The van der Waals surface area contributed by atoms with E-state index in [-0.39, 0.29) is 18.9 Å². The summed E-state index contributed by atoms with van der Waals surface area (Å²) in [6.45, 7) is 3.86. The minimum atomic E-state index is -0.664. The largest absolute Gasteiger partial charge is 0.455 e. The fourth-order valence-electron chi connectivity index (χ4n) is 1.96. The van der Waals surface area contributed by atoms with E-state index < -0.39 is 12.1 Å². The van der Waals surface area contributed by atoms with Crippen molar-refractivity contribution < 1.29 is 19.2 Å². The van der Waals surface area contributed by atoms with Crippen molar-refractivity contribution >= 4 is 5.97 Å². The molecule has 1 N–H and O–H groups in total. The number of hydrogen-bond donors (Lipinski definition) is 1. The topological polar surface area (TPSA) is 85.5 Å². The first-order valence-corrected chi connectivity index (χ1v) is 7.31. The fourth-order valence-corrected chi connectivity index (χ4v) is 1.96. The van der Waals surface area contributed by atoms with E-state index in [0.29, 0.717) is 12.2 Å². The Kier molecular flexibility index (Phi) is 5.66. The molecule has 0 radical (unpaired) electrons. The molecular formula is C16H20N2O4. The van der Waals surface area contributed by atoms with Gasteiger partial charge < -0.3 is 14.4 Å². The van der Waals surface area contributed by atoms with Crippen molar-refractivity contribution in [2.75, 3.05) is 0 Å². The lowest BCUT2D eigenvalue weighted by atomic mass is 10.1. The van der Waals surface area contributed by atoms with Crippen LogP contribution in [0.2, 0.25) is 0 Å². The zero-order chi connectivity index (χ0) is 15.9. The van der Waals surface area contributed by atoms with Crippen molar-refractivity contribution in [3.8, 4) is 11.4 Å². The van der Waals surface area contributed by atoms with Gasteiger partial charge in [0.15, 0.2) is 6.61 Å². The molecule has 1 heterocycles. The van der Waals surface area contributed by atoms with Gasteiger partial charge in [0.25, 0.3) is 5.89 Å². The van der Waals surface area contributed by atoms with Crippen molar-refractivity contribution in [3.63, 3.8) is 0 Å². The van der Waals surface area contributed by atoms with E-state index in [9.17, 15) is 9.90 Å². The fraction of sp³-hybridized carbons (Fsp3) is 0.438. The number of carbonyl (C=O) groups excluding carboxylic acids is 1. The summed E-state index contributed by atoms with van der Waals surface area (Å²) < 4.78 is 10.1. The first-order valence-electron chi connectivity index (χ1n) is 7.31. The molecule has 6 heteroatoms. The molecule has 2 aromatic rings. The highest BCUT2D eigenvalue weighted by molar-refractivity contribution is 5.69. The third-order valence-electron chi connectivity index (χ3n) is 3.16. The Morgan fingerprint density at radius 3 is 2.77 bits per heavy atom. The van der Waals surface area contributed by atoms with Gasteiger partial charge in [-0.25, -0.2) is 0 Å². The number of nitrogens with zero attached hydrogens (tertiary/aromatic N) is 2. The average Bonchev–Trinajstić information content (AvgIpc) is 2.95. The molecule has 1 aromatic carbocycles. The summed E-state index contributed by atoms with van der Waals surface area (Å²) in [6.07, 6.45) is 0.709. The van der Waals surface area contributed by atoms with E-state index >= 15 is 0 Å². The van der Waals surface area contributed by atoms with Crippen LogP contribution in [0.1, 0.15) is 37.6 Å².